The highest BCUT2D eigenvalue weighted by Gasteiger charge is 2.43. The summed E-state index contributed by atoms with van der Waals surface area (Å²) in [5, 5.41) is 4.43. The average Bonchev–Trinajstić information content (AvgIpc) is 2.97. The number of halogens is 1. The molecule has 1 aromatic rings. The lowest BCUT2D eigenvalue weighted by Gasteiger charge is -2.31. The Morgan fingerprint density at radius 1 is 1.28 bits per heavy atom. The molecule has 2 bridgehead atoms. The van der Waals surface area contributed by atoms with Gasteiger partial charge >= 0.3 is 0 Å². The molecule has 0 heterocycles. The average molecular weight is 264 g/mol. The van der Waals surface area contributed by atoms with E-state index in [-0.39, 0.29) is 0 Å². The largest absolute Gasteiger partial charge is 0.313 e. The third kappa shape index (κ3) is 2.08. The van der Waals surface area contributed by atoms with Gasteiger partial charge in [0.15, 0.2) is 0 Å². The van der Waals surface area contributed by atoms with Crippen molar-refractivity contribution in [2.75, 3.05) is 7.05 Å². The molecule has 1 aromatic carbocycles. The summed E-state index contributed by atoms with van der Waals surface area (Å²) in [5.41, 5.74) is 2.61. The molecule has 2 heteroatoms. The van der Waals surface area contributed by atoms with Gasteiger partial charge in [-0.3, -0.25) is 0 Å². The molecule has 0 aliphatic heterocycles. The summed E-state index contributed by atoms with van der Waals surface area (Å²) in [6.45, 7) is 2.10. The molecular weight excluding hydrogens is 242 g/mol. The molecule has 0 aromatic heterocycles. The van der Waals surface area contributed by atoms with Crippen LogP contribution in [0.4, 0.5) is 0 Å². The molecule has 4 atom stereocenters. The molecule has 0 spiro atoms. The minimum Gasteiger partial charge on any atom is -0.313 e. The number of benzene rings is 1. The molecule has 1 nitrogen and oxygen atoms in total. The number of rotatable bonds is 3. The fourth-order valence-corrected chi connectivity index (χ4v) is 4.31. The molecule has 2 saturated carbocycles. The van der Waals surface area contributed by atoms with Crippen LogP contribution in [0.1, 0.15) is 42.9 Å². The lowest BCUT2D eigenvalue weighted by atomic mass is 9.80. The van der Waals surface area contributed by atoms with Crippen LogP contribution in [0.15, 0.2) is 18.2 Å². The van der Waals surface area contributed by atoms with Crippen LogP contribution in [0.2, 0.25) is 5.02 Å². The number of hydrogen-bond acceptors (Lipinski definition) is 1. The summed E-state index contributed by atoms with van der Waals surface area (Å²) in [4.78, 5) is 0. The molecule has 0 amide bonds. The predicted molar refractivity (Wildman–Crippen MR) is 76.9 cm³/mol. The minimum absolute atomic E-state index is 0.510. The van der Waals surface area contributed by atoms with Crippen LogP contribution in [0.3, 0.4) is 0 Å². The Morgan fingerprint density at radius 2 is 2.11 bits per heavy atom. The zero-order valence-electron chi connectivity index (χ0n) is 11.2. The zero-order valence-corrected chi connectivity index (χ0v) is 12.0. The van der Waals surface area contributed by atoms with Crippen molar-refractivity contribution in [1.82, 2.24) is 5.32 Å². The quantitative estimate of drug-likeness (QED) is 0.855. The van der Waals surface area contributed by atoms with Crippen molar-refractivity contribution in [3.05, 3.63) is 34.3 Å². The van der Waals surface area contributed by atoms with Crippen molar-refractivity contribution < 1.29 is 0 Å². The molecule has 0 radical (unpaired) electrons. The summed E-state index contributed by atoms with van der Waals surface area (Å²) in [5.74, 6) is 2.78. The Balaban J connectivity index is 1.85. The number of aryl methyl sites for hydroxylation is 1. The highest BCUT2D eigenvalue weighted by atomic mass is 35.5. The lowest BCUT2D eigenvalue weighted by molar-refractivity contribution is 0.259. The minimum atomic E-state index is 0.510. The first-order valence-corrected chi connectivity index (χ1v) is 7.50. The first kappa shape index (κ1) is 12.5. The van der Waals surface area contributed by atoms with E-state index in [1.165, 1.54) is 36.8 Å². The molecular formula is C16H22ClN. The first-order valence-electron chi connectivity index (χ1n) is 7.12. The second-order valence-corrected chi connectivity index (χ2v) is 6.52. The Hall–Kier alpha value is -0.530. The fraction of sp³-hybridized carbons (Fsp3) is 0.625. The molecule has 3 rings (SSSR count). The van der Waals surface area contributed by atoms with Crippen LogP contribution < -0.4 is 5.32 Å². The van der Waals surface area contributed by atoms with Gasteiger partial charge in [0.25, 0.3) is 0 Å². The highest BCUT2D eigenvalue weighted by molar-refractivity contribution is 6.31. The van der Waals surface area contributed by atoms with E-state index in [1.807, 2.05) is 6.07 Å². The maximum absolute atomic E-state index is 6.13. The van der Waals surface area contributed by atoms with Crippen LogP contribution >= 0.6 is 11.6 Å². The van der Waals surface area contributed by atoms with Gasteiger partial charge in [0.05, 0.1) is 0 Å². The third-order valence-corrected chi connectivity index (χ3v) is 5.50. The highest BCUT2D eigenvalue weighted by Crippen LogP contribution is 2.52. The fourth-order valence-electron chi connectivity index (χ4n) is 4.19. The van der Waals surface area contributed by atoms with Crippen LogP contribution in [0.25, 0.3) is 0 Å². The first-order chi connectivity index (χ1) is 8.69. The predicted octanol–water partition coefficient (Wildman–Crippen LogP) is 4.35. The molecule has 2 aliphatic rings. The van der Waals surface area contributed by atoms with E-state index in [4.69, 9.17) is 11.6 Å². The van der Waals surface area contributed by atoms with Crippen molar-refractivity contribution in [2.24, 2.45) is 17.8 Å². The zero-order chi connectivity index (χ0) is 12.7. The summed E-state index contributed by atoms with van der Waals surface area (Å²) in [7, 11) is 2.10. The van der Waals surface area contributed by atoms with Crippen molar-refractivity contribution >= 4 is 11.6 Å². The van der Waals surface area contributed by atoms with Gasteiger partial charge in [0.1, 0.15) is 0 Å². The van der Waals surface area contributed by atoms with Gasteiger partial charge in [-0.15, -0.1) is 0 Å². The lowest BCUT2D eigenvalue weighted by Crippen LogP contribution is -2.29. The molecule has 0 saturated heterocycles. The summed E-state index contributed by atoms with van der Waals surface area (Å²) in [6.07, 6.45) is 5.80. The Kier molecular flexibility index (Phi) is 3.38. The van der Waals surface area contributed by atoms with Gasteiger partial charge in [-0.25, -0.2) is 0 Å². The number of hydrogen-bond donors (Lipinski definition) is 1. The van der Waals surface area contributed by atoms with Crippen molar-refractivity contribution in [1.29, 1.82) is 0 Å². The monoisotopic (exact) mass is 263 g/mol. The standard InChI is InChI=1S/C16H22ClN/c1-10-7-13(5-6-15(10)17)16(18-2)14-9-11-3-4-12(14)8-11/h5-7,11-12,14,16,18H,3-4,8-9H2,1-2H3. The Bertz CT molecular complexity index is 443. The van der Waals surface area contributed by atoms with Gasteiger partial charge < -0.3 is 5.32 Å². The number of nitrogens with one attached hydrogen (secondary N) is 1. The summed E-state index contributed by atoms with van der Waals surface area (Å²) in [6, 6.07) is 7.01. The van der Waals surface area contributed by atoms with E-state index in [0.29, 0.717) is 6.04 Å². The van der Waals surface area contributed by atoms with Crippen LogP contribution in [-0.2, 0) is 0 Å². The van der Waals surface area contributed by atoms with E-state index in [1.54, 1.807) is 0 Å². The van der Waals surface area contributed by atoms with E-state index in [9.17, 15) is 0 Å². The maximum atomic E-state index is 6.13. The van der Waals surface area contributed by atoms with Gasteiger partial charge in [-0.1, -0.05) is 30.2 Å². The molecule has 2 fully saturated rings. The summed E-state index contributed by atoms with van der Waals surface area (Å²) >= 11 is 6.13. The van der Waals surface area contributed by atoms with Crippen molar-refractivity contribution in [3.63, 3.8) is 0 Å². The normalized spacial score (nSPS) is 31.8. The van der Waals surface area contributed by atoms with E-state index in [0.717, 1.165) is 22.8 Å². The van der Waals surface area contributed by atoms with Gasteiger partial charge in [-0.2, -0.15) is 0 Å². The van der Waals surface area contributed by atoms with E-state index < -0.39 is 0 Å². The molecule has 2 aliphatic carbocycles. The van der Waals surface area contributed by atoms with Gasteiger partial charge in [0.2, 0.25) is 0 Å². The van der Waals surface area contributed by atoms with Crippen molar-refractivity contribution in [2.45, 2.75) is 38.6 Å². The molecule has 18 heavy (non-hydrogen) atoms. The smallest absolute Gasteiger partial charge is 0.0435 e. The third-order valence-electron chi connectivity index (χ3n) is 5.07. The Morgan fingerprint density at radius 3 is 2.67 bits per heavy atom. The van der Waals surface area contributed by atoms with Crippen LogP contribution in [0, 0.1) is 24.7 Å². The Labute approximate surface area is 115 Å². The van der Waals surface area contributed by atoms with Gasteiger partial charge in [0, 0.05) is 11.1 Å². The van der Waals surface area contributed by atoms with E-state index >= 15 is 0 Å². The molecule has 98 valence electrons. The van der Waals surface area contributed by atoms with Crippen LogP contribution in [0.5, 0.6) is 0 Å². The van der Waals surface area contributed by atoms with Crippen LogP contribution in [-0.4, -0.2) is 7.05 Å². The van der Waals surface area contributed by atoms with Gasteiger partial charge in [-0.05, 0) is 68.2 Å². The molecule has 4 unspecified atom stereocenters. The second-order valence-electron chi connectivity index (χ2n) is 6.11. The second kappa shape index (κ2) is 4.86. The molecule has 1 N–H and O–H groups in total. The summed E-state index contributed by atoms with van der Waals surface area (Å²) < 4.78 is 0. The SMILES string of the molecule is CNC(c1ccc(Cl)c(C)c1)C1CC2CCC1C2. The van der Waals surface area contributed by atoms with E-state index in [2.05, 4.69) is 31.4 Å². The van der Waals surface area contributed by atoms with Crippen molar-refractivity contribution in [3.8, 4) is 0 Å². The maximum Gasteiger partial charge on any atom is 0.0435 e. The topological polar surface area (TPSA) is 12.0 Å². The number of fused-ring (bicyclic) bond motifs is 2.